The highest BCUT2D eigenvalue weighted by atomic mass is 79.9. The van der Waals surface area contributed by atoms with E-state index >= 15 is 0 Å². The third kappa shape index (κ3) is 3.98. The van der Waals surface area contributed by atoms with Crippen molar-refractivity contribution in [2.75, 3.05) is 11.4 Å². The lowest BCUT2D eigenvalue weighted by molar-refractivity contribution is 0.0582. The molecular formula is C13H19BrN2O2. The fraction of sp³-hybridized carbons (Fsp3) is 0.538. The molecule has 0 aliphatic carbocycles. The summed E-state index contributed by atoms with van der Waals surface area (Å²) in [5.41, 5.74) is 1.06. The summed E-state index contributed by atoms with van der Waals surface area (Å²) in [5.74, 6) is 0. The second kappa shape index (κ2) is 5.69. The zero-order valence-electron chi connectivity index (χ0n) is 11.5. The summed E-state index contributed by atoms with van der Waals surface area (Å²) >= 11 is 3.36. The number of anilines is 1. The molecule has 0 unspecified atom stereocenters. The molecule has 4 nitrogen and oxygen atoms in total. The molecule has 0 aromatic carbocycles. The van der Waals surface area contributed by atoms with Gasteiger partial charge in [-0.3, -0.25) is 9.88 Å². The Morgan fingerprint density at radius 2 is 2.11 bits per heavy atom. The van der Waals surface area contributed by atoms with Crippen LogP contribution in [0.5, 0.6) is 0 Å². The van der Waals surface area contributed by atoms with Gasteiger partial charge in [0.2, 0.25) is 0 Å². The van der Waals surface area contributed by atoms with Gasteiger partial charge in [0.05, 0.1) is 11.4 Å². The van der Waals surface area contributed by atoms with Crippen molar-refractivity contribution >= 4 is 27.7 Å². The topological polar surface area (TPSA) is 42.4 Å². The van der Waals surface area contributed by atoms with Crippen LogP contribution in [0.1, 0.15) is 33.4 Å². The van der Waals surface area contributed by atoms with Crippen LogP contribution in [-0.4, -0.2) is 23.2 Å². The largest absolute Gasteiger partial charge is 0.443 e. The van der Waals surface area contributed by atoms with Crippen molar-refractivity contribution in [2.24, 2.45) is 0 Å². The molecule has 1 heterocycles. The summed E-state index contributed by atoms with van der Waals surface area (Å²) in [7, 11) is 0. The zero-order chi connectivity index (χ0) is 13.9. The molecule has 0 bridgehead atoms. The third-order valence-electron chi connectivity index (χ3n) is 2.25. The summed E-state index contributed by atoms with van der Waals surface area (Å²) in [4.78, 5) is 17.9. The summed E-state index contributed by atoms with van der Waals surface area (Å²) < 4.78 is 6.22. The van der Waals surface area contributed by atoms with Gasteiger partial charge in [0.25, 0.3) is 0 Å². The molecule has 0 aliphatic heterocycles. The molecule has 18 heavy (non-hydrogen) atoms. The molecule has 0 N–H and O–H groups in total. The number of carbonyl (C=O) groups excluding carboxylic acids is 1. The lowest BCUT2D eigenvalue weighted by Gasteiger charge is -2.27. The van der Waals surface area contributed by atoms with Crippen molar-refractivity contribution in [2.45, 2.75) is 40.2 Å². The Hall–Kier alpha value is -1.10. The van der Waals surface area contributed by atoms with Crippen molar-refractivity contribution in [3.8, 4) is 0 Å². The first-order chi connectivity index (χ1) is 8.24. The molecule has 0 fully saturated rings. The number of aromatic nitrogens is 1. The van der Waals surface area contributed by atoms with E-state index in [9.17, 15) is 4.79 Å². The molecular weight excluding hydrogens is 296 g/mol. The Labute approximate surface area is 116 Å². The molecule has 0 aliphatic rings. The monoisotopic (exact) mass is 314 g/mol. The Morgan fingerprint density at radius 3 is 2.61 bits per heavy atom. The number of pyridine rings is 1. The molecule has 1 aromatic rings. The van der Waals surface area contributed by atoms with Crippen molar-refractivity contribution in [1.29, 1.82) is 0 Å². The highest BCUT2D eigenvalue weighted by Gasteiger charge is 2.23. The number of carbonyl (C=O) groups is 1. The van der Waals surface area contributed by atoms with E-state index in [1.54, 1.807) is 11.1 Å². The van der Waals surface area contributed by atoms with E-state index in [2.05, 4.69) is 20.9 Å². The average molecular weight is 315 g/mol. The van der Waals surface area contributed by atoms with E-state index in [-0.39, 0.29) is 6.09 Å². The number of ether oxygens (including phenoxy) is 1. The van der Waals surface area contributed by atoms with Crippen LogP contribution in [0.3, 0.4) is 0 Å². The van der Waals surface area contributed by atoms with E-state index in [1.807, 2.05) is 40.7 Å². The molecule has 0 saturated carbocycles. The summed E-state index contributed by atoms with van der Waals surface area (Å²) in [6.07, 6.45) is 1.36. The first-order valence-corrected chi connectivity index (χ1v) is 6.66. The number of rotatable bonds is 2. The van der Waals surface area contributed by atoms with Gasteiger partial charge in [-0.1, -0.05) is 0 Å². The Balaban J connectivity index is 3.02. The molecule has 1 aromatic heterocycles. The second-order valence-electron chi connectivity index (χ2n) is 4.98. The molecule has 100 valence electrons. The van der Waals surface area contributed by atoms with Crippen LogP contribution < -0.4 is 4.90 Å². The maximum atomic E-state index is 12.1. The van der Waals surface area contributed by atoms with E-state index in [4.69, 9.17) is 4.74 Å². The zero-order valence-corrected chi connectivity index (χ0v) is 13.0. The number of hydrogen-bond donors (Lipinski definition) is 0. The van der Waals surface area contributed by atoms with Crippen molar-refractivity contribution in [1.82, 2.24) is 4.98 Å². The molecule has 0 atom stereocenters. The number of hydrogen-bond acceptors (Lipinski definition) is 3. The third-order valence-corrected chi connectivity index (χ3v) is 2.68. The van der Waals surface area contributed by atoms with Gasteiger partial charge in [-0.25, -0.2) is 4.79 Å². The minimum absolute atomic E-state index is 0.354. The Kier molecular flexibility index (Phi) is 4.73. The minimum atomic E-state index is -0.502. The summed E-state index contributed by atoms with van der Waals surface area (Å²) in [5, 5.41) is 0. The minimum Gasteiger partial charge on any atom is -0.443 e. The van der Waals surface area contributed by atoms with Gasteiger partial charge in [-0.2, -0.15) is 0 Å². The van der Waals surface area contributed by atoms with Gasteiger partial charge < -0.3 is 4.74 Å². The van der Waals surface area contributed by atoms with Gasteiger partial charge >= 0.3 is 6.09 Å². The summed E-state index contributed by atoms with van der Waals surface area (Å²) in [6.45, 7) is 9.87. The first-order valence-electron chi connectivity index (χ1n) is 5.87. The predicted octanol–water partition coefficient (Wildman–Crippen LogP) is 3.91. The van der Waals surface area contributed by atoms with Gasteiger partial charge in [0, 0.05) is 17.2 Å². The highest BCUT2D eigenvalue weighted by molar-refractivity contribution is 9.10. The number of nitrogens with zero attached hydrogens (tertiary/aromatic N) is 2. The van der Waals surface area contributed by atoms with E-state index in [0.29, 0.717) is 6.54 Å². The molecule has 0 radical (unpaired) electrons. The van der Waals surface area contributed by atoms with Gasteiger partial charge in [-0.15, -0.1) is 0 Å². The van der Waals surface area contributed by atoms with Gasteiger partial charge in [0.15, 0.2) is 0 Å². The molecule has 0 saturated heterocycles. The molecule has 1 amide bonds. The normalized spacial score (nSPS) is 11.2. The van der Waals surface area contributed by atoms with Crippen LogP contribution in [0.25, 0.3) is 0 Å². The molecule has 5 heteroatoms. The first kappa shape index (κ1) is 15.0. The van der Waals surface area contributed by atoms with E-state index < -0.39 is 5.60 Å². The van der Waals surface area contributed by atoms with Crippen LogP contribution >= 0.6 is 15.9 Å². The standard InChI is InChI=1S/C13H19BrN2O2/c1-6-16(12(17)18-13(3,4)5)11-7-10(14)8-15-9(11)2/h7-8H,6H2,1-5H3. The van der Waals surface area contributed by atoms with Crippen LogP contribution in [0.2, 0.25) is 0 Å². The van der Waals surface area contributed by atoms with E-state index in [0.717, 1.165) is 15.9 Å². The van der Waals surface area contributed by atoms with Crippen LogP contribution in [0.4, 0.5) is 10.5 Å². The molecule has 0 spiro atoms. The van der Waals surface area contributed by atoms with Crippen molar-refractivity contribution in [3.63, 3.8) is 0 Å². The van der Waals surface area contributed by atoms with Crippen LogP contribution in [0, 0.1) is 6.92 Å². The highest BCUT2D eigenvalue weighted by Crippen LogP contribution is 2.24. The fourth-order valence-electron chi connectivity index (χ4n) is 1.48. The SMILES string of the molecule is CCN(C(=O)OC(C)(C)C)c1cc(Br)cnc1C. The van der Waals surface area contributed by atoms with E-state index in [1.165, 1.54) is 0 Å². The fourth-order valence-corrected chi connectivity index (χ4v) is 1.80. The predicted molar refractivity (Wildman–Crippen MR) is 75.9 cm³/mol. The van der Waals surface area contributed by atoms with Crippen LogP contribution in [-0.2, 0) is 4.74 Å². The Bertz CT molecular complexity index is 441. The lowest BCUT2D eigenvalue weighted by atomic mass is 10.2. The number of aryl methyl sites for hydroxylation is 1. The van der Waals surface area contributed by atoms with Gasteiger partial charge in [-0.05, 0) is 56.6 Å². The quantitative estimate of drug-likeness (QED) is 0.831. The van der Waals surface area contributed by atoms with Crippen molar-refractivity contribution < 1.29 is 9.53 Å². The lowest BCUT2D eigenvalue weighted by Crippen LogP contribution is -2.37. The number of amides is 1. The average Bonchev–Trinajstić information content (AvgIpc) is 2.21. The maximum absolute atomic E-state index is 12.1. The van der Waals surface area contributed by atoms with Crippen LogP contribution in [0.15, 0.2) is 16.7 Å². The smallest absolute Gasteiger partial charge is 0.414 e. The second-order valence-corrected chi connectivity index (χ2v) is 5.90. The van der Waals surface area contributed by atoms with Crippen molar-refractivity contribution in [3.05, 3.63) is 22.4 Å². The Morgan fingerprint density at radius 1 is 1.50 bits per heavy atom. The van der Waals surface area contributed by atoms with Gasteiger partial charge in [0.1, 0.15) is 5.60 Å². The number of halogens is 1. The summed E-state index contributed by atoms with van der Waals surface area (Å²) in [6, 6.07) is 1.87. The maximum Gasteiger partial charge on any atom is 0.414 e. The molecule has 1 rings (SSSR count).